The second-order valence-electron chi connectivity index (χ2n) is 6.30. The molecule has 0 bridgehead atoms. The number of carbonyl (C=O) groups is 3. The van der Waals surface area contributed by atoms with Gasteiger partial charge in [-0.25, -0.2) is 0 Å². The Balaban J connectivity index is 1.40. The van der Waals surface area contributed by atoms with Gasteiger partial charge >= 0.3 is 0 Å². The number of hydrogen-bond donors (Lipinski definition) is 2. The molecule has 0 saturated carbocycles. The highest BCUT2D eigenvalue weighted by molar-refractivity contribution is 9.10. The second-order valence-corrected chi connectivity index (χ2v) is 7.22. The van der Waals surface area contributed by atoms with Crippen LogP contribution in [-0.4, -0.2) is 48.3 Å². The molecule has 0 spiro atoms. The summed E-state index contributed by atoms with van der Waals surface area (Å²) in [5, 5.41) is 5.52. The fourth-order valence-corrected chi connectivity index (χ4v) is 3.35. The lowest BCUT2D eigenvalue weighted by Crippen LogP contribution is -2.48. The molecule has 27 heavy (non-hydrogen) atoms. The molecule has 0 radical (unpaired) electrons. The van der Waals surface area contributed by atoms with E-state index in [1.54, 1.807) is 35.2 Å². The first-order chi connectivity index (χ1) is 13.0. The monoisotopic (exact) mass is 433 g/mol. The van der Waals surface area contributed by atoms with Gasteiger partial charge in [-0.1, -0.05) is 22.0 Å². The van der Waals surface area contributed by atoms with Crippen molar-refractivity contribution >= 4 is 33.7 Å². The molecular formula is C19H20BrN3O4. The van der Waals surface area contributed by atoms with Gasteiger partial charge in [0, 0.05) is 29.2 Å². The van der Waals surface area contributed by atoms with Crippen LogP contribution >= 0.6 is 15.9 Å². The quantitative estimate of drug-likeness (QED) is 0.755. The van der Waals surface area contributed by atoms with Crippen molar-refractivity contribution in [1.29, 1.82) is 0 Å². The van der Waals surface area contributed by atoms with Gasteiger partial charge in [-0.2, -0.15) is 0 Å². The van der Waals surface area contributed by atoms with Gasteiger partial charge in [0.15, 0.2) is 5.76 Å². The van der Waals surface area contributed by atoms with Crippen LogP contribution in [0, 0.1) is 0 Å². The number of furan rings is 1. The van der Waals surface area contributed by atoms with Crippen molar-refractivity contribution in [2.75, 3.05) is 19.6 Å². The number of piperidine rings is 1. The normalized spacial score (nSPS) is 14.6. The fourth-order valence-electron chi connectivity index (χ4n) is 2.95. The number of carbonyl (C=O) groups excluding carboxylic acids is 3. The van der Waals surface area contributed by atoms with Crippen LogP contribution in [0.5, 0.6) is 0 Å². The molecule has 0 unspecified atom stereocenters. The molecule has 3 amide bonds. The summed E-state index contributed by atoms with van der Waals surface area (Å²) in [6.07, 6.45) is 2.80. The fraction of sp³-hybridized carbons (Fsp3) is 0.316. The highest BCUT2D eigenvalue weighted by atomic mass is 79.9. The minimum Gasteiger partial charge on any atom is -0.459 e. The van der Waals surface area contributed by atoms with E-state index in [1.807, 2.05) is 6.07 Å². The van der Waals surface area contributed by atoms with Crippen molar-refractivity contribution < 1.29 is 18.8 Å². The van der Waals surface area contributed by atoms with Gasteiger partial charge in [0.1, 0.15) is 0 Å². The average molecular weight is 434 g/mol. The molecule has 2 N–H and O–H groups in total. The highest BCUT2D eigenvalue weighted by Crippen LogP contribution is 2.14. The van der Waals surface area contributed by atoms with Crippen LogP contribution in [0.25, 0.3) is 0 Å². The Bertz CT molecular complexity index is 814. The molecule has 0 aliphatic carbocycles. The van der Waals surface area contributed by atoms with E-state index in [4.69, 9.17) is 4.42 Å². The summed E-state index contributed by atoms with van der Waals surface area (Å²) < 4.78 is 5.94. The SMILES string of the molecule is O=C(CNC(=O)c1cccc(Br)c1)NC1CCN(C(=O)c2ccco2)CC1. The zero-order chi connectivity index (χ0) is 19.2. The Hall–Kier alpha value is -2.61. The van der Waals surface area contributed by atoms with Crippen molar-refractivity contribution in [3.8, 4) is 0 Å². The molecule has 1 aliphatic heterocycles. The topological polar surface area (TPSA) is 91.7 Å². The molecule has 1 aromatic heterocycles. The summed E-state index contributed by atoms with van der Waals surface area (Å²) >= 11 is 3.31. The number of amides is 3. The molecule has 2 aromatic rings. The largest absolute Gasteiger partial charge is 0.459 e. The van der Waals surface area contributed by atoms with E-state index < -0.39 is 0 Å². The number of hydrogen-bond acceptors (Lipinski definition) is 4. The number of rotatable bonds is 5. The van der Waals surface area contributed by atoms with Gasteiger partial charge in [0.25, 0.3) is 11.8 Å². The molecule has 2 heterocycles. The average Bonchev–Trinajstić information content (AvgIpc) is 3.21. The Kier molecular flexibility index (Phi) is 6.28. The summed E-state index contributed by atoms with van der Waals surface area (Å²) in [5.41, 5.74) is 0.488. The van der Waals surface area contributed by atoms with Crippen LogP contribution < -0.4 is 10.6 Å². The maximum atomic E-state index is 12.2. The zero-order valence-corrected chi connectivity index (χ0v) is 16.2. The number of benzene rings is 1. The van der Waals surface area contributed by atoms with E-state index in [-0.39, 0.29) is 30.3 Å². The predicted octanol–water partition coefficient (Wildman–Crippen LogP) is 2.19. The highest BCUT2D eigenvalue weighted by Gasteiger charge is 2.25. The van der Waals surface area contributed by atoms with E-state index in [1.165, 1.54) is 6.26 Å². The van der Waals surface area contributed by atoms with E-state index in [0.717, 1.165) is 4.47 Å². The van der Waals surface area contributed by atoms with Gasteiger partial charge in [0.2, 0.25) is 5.91 Å². The van der Waals surface area contributed by atoms with Crippen molar-refractivity contribution in [2.24, 2.45) is 0 Å². The lowest BCUT2D eigenvalue weighted by molar-refractivity contribution is -0.121. The maximum absolute atomic E-state index is 12.2. The number of halogens is 1. The molecule has 3 rings (SSSR count). The molecule has 7 nitrogen and oxygen atoms in total. The summed E-state index contributed by atoms with van der Waals surface area (Å²) in [6, 6.07) is 10.3. The van der Waals surface area contributed by atoms with Crippen LogP contribution in [0.4, 0.5) is 0 Å². The van der Waals surface area contributed by atoms with Gasteiger partial charge in [-0.15, -0.1) is 0 Å². The molecule has 1 fully saturated rings. The van der Waals surface area contributed by atoms with Crippen LogP contribution in [-0.2, 0) is 4.79 Å². The number of nitrogens with one attached hydrogen (secondary N) is 2. The van der Waals surface area contributed by atoms with Crippen LogP contribution in [0.1, 0.15) is 33.8 Å². The van der Waals surface area contributed by atoms with Crippen LogP contribution in [0.15, 0.2) is 51.6 Å². The third-order valence-electron chi connectivity index (χ3n) is 4.38. The van der Waals surface area contributed by atoms with Crippen molar-refractivity contribution in [2.45, 2.75) is 18.9 Å². The van der Waals surface area contributed by atoms with Crippen LogP contribution in [0.3, 0.4) is 0 Å². The summed E-state index contributed by atoms with van der Waals surface area (Å²) in [4.78, 5) is 38.1. The Morgan fingerprint density at radius 3 is 2.59 bits per heavy atom. The number of likely N-dealkylation sites (tertiary alicyclic amines) is 1. The smallest absolute Gasteiger partial charge is 0.289 e. The van der Waals surface area contributed by atoms with Crippen LogP contribution in [0.2, 0.25) is 0 Å². The Morgan fingerprint density at radius 1 is 1.15 bits per heavy atom. The third-order valence-corrected chi connectivity index (χ3v) is 4.87. The minimum absolute atomic E-state index is 0.0130. The molecule has 0 atom stereocenters. The minimum atomic E-state index is -0.301. The van der Waals surface area contributed by atoms with Gasteiger partial charge < -0.3 is 20.0 Å². The number of nitrogens with zero attached hydrogens (tertiary/aromatic N) is 1. The lowest BCUT2D eigenvalue weighted by Gasteiger charge is -2.31. The van der Waals surface area contributed by atoms with E-state index >= 15 is 0 Å². The van der Waals surface area contributed by atoms with E-state index in [9.17, 15) is 14.4 Å². The second kappa shape index (κ2) is 8.85. The van der Waals surface area contributed by atoms with Crippen molar-refractivity contribution in [1.82, 2.24) is 15.5 Å². The van der Waals surface area contributed by atoms with Crippen molar-refractivity contribution in [3.05, 3.63) is 58.5 Å². The molecule has 1 saturated heterocycles. The zero-order valence-electron chi connectivity index (χ0n) is 14.6. The summed E-state index contributed by atoms with van der Waals surface area (Å²) in [5.74, 6) is -0.349. The first kappa shape index (κ1) is 19.2. The molecule has 1 aliphatic rings. The van der Waals surface area contributed by atoms with Gasteiger partial charge in [-0.3, -0.25) is 14.4 Å². The summed E-state index contributed by atoms with van der Waals surface area (Å²) in [7, 11) is 0. The predicted molar refractivity (Wildman–Crippen MR) is 102 cm³/mol. The molecule has 1 aromatic carbocycles. The van der Waals surface area contributed by atoms with E-state index in [0.29, 0.717) is 37.3 Å². The van der Waals surface area contributed by atoms with Crippen molar-refractivity contribution in [3.63, 3.8) is 0 Å². The first-order valence-electron chi connectivity index (χ1n) is 8.69. The van der Waals surface area contributed by atoms with Gasteiger partial charge in [0.05, 0.1) is 12.8 Å². The Labute approximate surface area is 165 Å². The van der Waals surface area contributed by atoms with E-state index in [2.05, 4.69) is 26.6 Å². The van der Waals surface area contributed by atoms with Gasteiger partial charge in [-0.05, 0) is 43.2 Å². The molecule has 8 heteroatoms. The lowest BCUT2D eigenvalue weighted by atomic mass is 10.0. The third kappa shape index (κ3) is 5.19. The standard InChI is InChI=1S/C19H20BrN3O4/c20-14-4-1-3-13(11-14)18(25)21-12-17(24)22-15-6-8-23(9-7-15)19(26)16-5-2-10-27-16/h1-5,10-11,15H,6-9,12H2,(H,21,25)(H,22,24). The first-order valence-corrected chi connectivity index (χ1v) is 9.48. The maximum Gasteiger partial charge on any atom is 0.289 e. The summed E-state index contributed by atoms with van der Waals surface area (Å²) in [6.45, 7) is 1.01. The molecular weight excluding hydrogens is 414 g/mol. The Morgan fingerprint density at radius 2 is 1.93 bits per heavy atom. The molecule has 142 valence electrons.